The second-order valence-corrected chi connectivity index (χ2v) is 6.06. The number of carbonyl (C=O) groups excluding carboxylic acids is 1. The Hall–Kier alpha value is -0.220. The molecule has 0 spiro atoms. The van der Waals surface area contributed by atoms with E-state index in [1.54, 1.807) is 11.8 Å². The van der Waals surface area contributed by atoms with Crippen LogP contribution in [0.1, 0.15) is 26.7 Å². The lowest BCUT2D eigenvalue weighted by molar-refractivity contribution is -0.135. The van der Waals surface area contributed by atoms with E-state index in [0.717, 1.165) is 25.3 Å². The molecular weight excluding hydrogens is 220 g/mol. The molecule has 2 N–H and O–H groups in total. The predicted octanol–water partition coefficient (Wildman–Crippen LogP) is 1.57. The molecule has 2 unspecified atom stereocenters. The highest BCUT2D eigenvalue weighted by Crippen LogP contribution is 2.21. The molecule has 0 aromatic rings. The molecule has 1 aliphatic rings. The van der Waals surface area contributed by atoms with E-state index in [4.69, 9.17) is 5.73 Å². The van der Waals surface area contributed by atoms with E-state index >= 15 is 0 Å². The maximum atomic E-state index is 12.1. The van der Waals surface area contributed by atoms with Crippen molar-refractivity contribution in [1.29, 1.82) is 0 Å². The highest BCUT2D eigenvalue weighted by atomic mass is 32.2. The average molecular weight is 244 g/mol. The molecule has 16 heavy (non-hydrogen) atoms. The van der Waals surface area contributed by atoms with Crippen LogP contribution in [0.25, 0.3) is 0 Å². The second-order valence-electron chi connectivity index (χ2n) is 5.08. The van der Waals surface area contributed by atoms with Crippen molar-refractivity contribution in [1.82, 2.24) is 4.90 Å². The van der Waals surface area contributed by atoms with Gasteiger partial charge in [-0.25, -0.2) is 0 Å². The SMILES string of the molecule is CSCC[C@@H](N)C(=O)N1CC(C)CC(C)C1. The van der Waals surface area contributed by atoms with Gasteiger partial charge in [0.25, 0.3) is 0 Å². The van der Waals surface area contributed by atoms with Gasteiger partial charge in [-0.2, -0.15) is 11.8 Å². The monoisotopic (exact) mass is 244 g/mol. The van der Waals surface area contributed by atoms with Crippen LogP contribution in [0.5, 0.6) is 0 Å². The number of thioether (sulfide) groups is 1. The van der Waals surface area contributed by atoms with Crippen LogP contribution in [0.4, 0.5) is 0 Å². The number of carbonyl (C=O) groups is 1. The van der Waals surface area contributed by atoms with E-state index < -0.39 is 0 Å². The standard InChI is InChI=1S/C12H24N2OS/c1-9-6-10(2)8-14(7-9)12(15)11(13)4-5-16-3/h9-11H,4-8,13H2,1-3H3/t9?,10?,11-/m1/s1. The highest BCUT2D eigenvalue weighted by Gasteiger charge is 2.28. The number of nitrogens with zero attached hydrogens (tertiary/aromatic N) is 1. The van der Waals surface area contributed by atoms with Gasteiger partial charge in [0.2, 0.25) is 5.91 Å². The first-order chi connectivity index (χ1) is 7.54. The number of rotatable bonds is 4. The zero-order valence-electron chi connectivity index (χ0n) is 10.6. The van der Waals surface area contributed by atoms with Crippen LogP contribution in [-0.2, 0) is 4.79 Å². The Morgan fingerprint density at radius 2 is 2.00 bits per heavy atom. The summed E-state index contributed by atoms with van der Waals surface area (Å²) in [5, 5.41) is 0. The Morgan fingerprint density at radius 1 is 1.44 bits per heavy atom. The van der Waals surface area contributed by atoms with Gasteiger partial charge in [-0.1, -0.05) is 13.8 Å². The average Bonchev–Trinajstić information content (AvgIpc) is 2.23. The Bertz CT molecular complexity index is 225. The van der Waals surface area contributed by atoms with E-state index in [1.165, 1.54) is 6.42 Å². The Kier molecular flexibility index (Phi) is 5.62. The van der Waals surface area contributed by atoms with Crippen LogP contribution in [0.3, 0.4) is 0 Å². The highest BCUT2D eigenvalue weighted by molar-refractivity contribution is 7.98. The molecule has 94 valence electrons. The van der Waals surface area contributed by atoms with Gasteiger partial charge in [-0.05, 0) is 36.7 Å². The molecule has 1 aliphatic heterocycles. The van der Waals surface area contributed by atoms with Crippen LogP contribution in [0.15, 0.2) is 0 Å². The normalized spacial score (nSPS) is 27.9. The number of piperidine rings is 1. The third kappa shape index (κ3) is 3.98. The lowest BCUT2D eigenvalue weighted by Crippen LogP contribution is -2.49. The van der Waals surface area contributed by atoms with Crippen molar-refractivity contribution in [3.05, 3.63) is 0 Å². The fraction of sp³-hybridized carbons (Fsp3) is 0.917. The smallest absolute Gasteiger partial charge is 0.239 e. The Labute approximate surface area is 103 Å². The quantitative estimate of drug-likeness (QED) is 0.816. The van der Waals surface area contributed by atoms with Crippen molar-refractivity contribution in [3.8, 4) is 0 Å². The predicted molar refractivity (Wildman–Crippen MR) is 70.5 cm³/mol. The fourth-order valence-electron chi connectivity index (χ4n) is 2.45. The van der Waals surface area contributed by atoms with Gasteiger partial charge in [0.1, 0.15) is 0 Å². The lowest BCUT2D eigenvalue weighted by Gasteiger charge is -2.36. The van der Waals surface area contributed by atoms with Gasteiger partial charge < -0.3 is 10.6 Å². The molecule has 0 bridgehead atoms. The summed E-state index contributed by atoms with van der Waals surface area (Å²) in [5.41, 5.74) is 5.92. The van der Waals surface area contributed by atoms with Crippen molar-refractivity contribution >= 4 is 17.7 Å². The summed E-state index contributed by atoms with van der Waals surface area (Å²) in [4.78, 5) is 14.0. The van der Waals surface area contributed by atoms with E-state index in [0.29, 0.717) is 11.8 Å². The molecule has 0 aromatic carbocycles. The molecule has 0 radical (unpaired) electrons. The number of nitrogens with two attached hydrogens (primary N) is 1. The first-order valence-electron chi connectivity index (χ1n) is 6.08. The molecule has 1 fully saturated rings. The Balaban J connectivity index is 2.45. The van der Waals surface area contributed by atoms with Gasteiger partial charge >= 0.3 is 0 Å². The molecule has 1 heterocycles. The molecule has 0 aromatic heterocycles. The van der Waals surface area contributed by atoms with Crippen LogP contribution in [0.2, 0.25) is 0 Å². The van der Waals surface area contributed by atoms with Gasteiger partial charge in [-0.3, -0.25) is 4.79 Å². The van der Waals surface area contributed by atoms with Gasteiger partial charge in [0.05, 0.1) is 6.04 Å². The largest absolute Gasteiger partial charge is 0.341 e. The molecule has 1 saturated heterocycles. The lowest BCUT2D eigenvalue weighted by atomic mass is 9.91. The van der Waals surface area contributed by atoms with E-state index in [1.807, 2.05) is 11.2 Å². The molecule has 1 rings (SSSR count). The zero-order valence-corrected chi connectivity index (χ0v) is 11.4. The maximum Gasteiger partial charge on any atom is 0.239 e. The van der Waals surface area contributed by atoms with Gasteiger partial charge in [-0.15, -0.1) is 0 Å². The second kappa shape index (κ2) is 6.50. The molecule has 4 heteroatoms. The first kappa shape index (κ1) is 13.8. The van der Waals surface area contributed by atoms with Crippen LogP contribution in [0, 0.1) is 11.8 Å². The van der Waals surface area contributed by atoms with Crippen molar-refractivity contribution in [3.63, 3.8) is 0 Å². The maximum absolute atomic E-state index is 12.1. The van der Waals surface area contributed by atoms with E-state index in [-0.39, 0.29) is 11.9 Å². The summed E-state index contributed by atoms with van der Waals surface area (Å²) in [5.74, 6) is 2.33. The minimum Gasteiger partial charge on any atom is -0.341 e. The van der Waals surface area contributed by atoms with Gasteiger partial charge in [0, 0.05) is 13.1 Å². The van der Waals surface area contributed by atoms with Crippen LogP contribution < -0.4 is 5.73 Å². The third-order valence-electron chi connectivity index (χ3n) is 3.13. The molecule has 3 nitrogen and oxygen atoms in total. The minimum absolute atomic E-state index is 0.146. The molecule has 0 saturated carbocycles. The number of amides is 1. The summed E-state index contributed by atoms with van der Waals surface area (Å²) in [6.07, 6.45) is 4.06. The van der Waals surface area contributed by atoms with Crippen LogP contribution in [-0.4, -0.2) is 41.9 Å². The Morgan fingerprint density at radius 3 is 2.50 bits per heavy atom. The third-order valence-corrected chi connectivity index (χ3v) is 3.77. The minimum atomic E-state index is -0.301. The molecule has 0 aliphatic carbocycles. The van der Waals surface area contributed by atoms with Crippen molar-refractivity contribution in [2.75, 3.05) is 25.1 Å². The summed E-state index contributed by atoms with van der Waals surface area (Å²) in [7, 11) is 0. The van der Waals surface area contributed by atoms with Crippen molar-refractivity contribution < 1.29 is 4.79 Å². The summed E-state index contributed by atoms with van der Waals surface area (Å²) in [6, 6.07) is -0.301. The summed E-state index contributed by atoms with van der Waals surface area (Å²) >= 11 is 1.74. The topological polar surface area (TPSA) is 46.3 Å². The fourth-order valence-corrected chi connectivity index (χ4v) is 2.94. The first-order valence-corrected chi connectivity index (χ1v) is 7.47. The van der Waals surface area contributed by atoms with Crippen molar-refractivity contribution in [2.24, 2.45) is 17.6 Å². The van der Waals surface area contributed by atoms with Crippen LogP contribution >= 0.6 is 11.8 Å². The van der Waals surface area contributed by atoms with Gasteiger partial charge in [0.15, 0.2) is 0 Å². The van der Waals surface area contributed by atoms with E-state index in [2.05, 4.69) is 13.8 Å². The van der Waals surface area contributed by atoms with E-state index in [9.17, 15) is 4.79 Å². The molecular formula is C12H24N2OS. The number of hydrogen-bond acceptors (Lipinski definition) is 3. The molecule has 3 atom stereocenters. The number of hydrogen-bond donors (Lipinski definition) is 1. The molecule has 1 amide bonds. The summed E-state index contributed by atoms with van der Waals surface area (Å²) in [6.45, 7) is 6.19. The number of likely N-dealkylation sites (tertiary alicyclic amines) is 1. The van der Waals surface area contributed by atoms with Crippen molar-refractivity contribution in [2.45, 2.75) is 32.7 Å². The summed E-state index contributed by atoms with van der Waals surface area (Å²) < 4.78 is 0. The zero-order chi connectivity index (χ0) is 12.1.